The number of piperidine rings is 1. The quantitative estimate of drug-likeness (QED) is 0.705. The Morgan fingerprint density at radius 3 is 2.69 bits per heavy atom. The SMILES string of the molecule is Cl.O=C(NC1CCNCC1)c1cc(I)c[nH]1. The molecule has 3 N–H and O–H groups in total. The Balaban J connectivity index is 0.00000128. The van der Waals surface area contributed by atoms with Gasteiger partial charge in [0.15, 0.2) is 0 Å². The average molecular weight is 356 g/mol. The van der Waals surface area contributed by atoms with Crippen LogP contribution in [-0.4, -0.2) is 30.0 Å². The van der Waals surface area contributed by atoms with Gasteiger partial charge < -0.3 is 15.6 Å². The third kappa shape index (κ3) is 3.64. The third-order valence-electron chi connectivity index (χ3n) is 2.57. The Morgan fingerprint density at radius 1 is 1.44 bits per heavy atom. The summed E-state index contributed by atoms with van der Waals surface area (Å²) in [4.78, 5) is 14.7. The zero-order chi connectivity index (χ0) is 10.7. The van der Waals surface area contributed by atoms with Crippen molar-refractivity contribution in [2.45, 2.75) is 18.9 Å². The number of aromatic nitrogens is 1. The van der Waals surface area contributed by atoms with Gasteiger partial charge in [0.1, 0.15) is 5.69 Å². The second kappa shape index (κ2) is 6.46. The molecule has 16 heavy (non-hydrogen) atoms. The van der Waals surface area contributed by atoms with Gasteiger partial charge in [0.25, 0.3) is 5.91 Å². The van der Waals surface area contributed by atoms with Crippen LogP contribution in [0.1, 0.15) is 23.3 Å². The molecule has 1 aromatic rings. The molecule has 0 aromatic carbocycles. The van der Waals surface area contributed by atoms with Gasteiger partial charge in [0, 0.05) is 15.8 Å². The minimum absolute atomic E-state index is 0. The molecule has 0 atom stereocenters. The van der Waals surface area contributed by atoms with Crippen molar-refractivity contribution in [2.24, 2.45) is 0 Å². The van der Waals surface area contributed by atoms with Gasteiger partial charge in [-0.1, -0.05) is 0 Å². The summed E-state index contributed by atoms with van der Waals surface area (Å²) in [6, 6.07) is 2.18. The van der Waals surface area contributed by atoms with Gasteiger partial charge >= 0.3 is 0 Å². The standard InChI is InChI=1S/C10H14IN3O.ClH/c11-7-5-9(13-6-7)10(15)14-8-1-3-12-4-2-8;/h5-6,8,12-13H,1-4H2,(H,14,15);1H. The van der Waals surface area contributed by atoms with E-state index < -0.39 is 0 Å². The first-order valence-corrected chi connectivity index (χ1v) is 6.19. The first kappa shape index (κ1) is 13.8. The lowest BCUT2D eigenvalue weighted by Gasteiger charge is -2.23. The molecular formula is C10H15ClIN3O. The maximum atomic E-state index is 11.8. The largest absolute Gasteiger partial charge is 0.356 e. The van der Waals surface area contributed by atoms with Crippen LogP contribution in [0.3, 0.4) is 0 Å². The Bertz CT molecular complexity index is 350. The number of carbonyl (C=O) groups is 1. The molecule has 0 spiro atoms. The van der Waals surface area contributed by atoms with E-state index in [9.17, 15) is 4.79 Å². The molecular weight excluding hydrogens is 340 g/mol. The molecule has 6 heteroatoms. The average Bonchev–Trinajstić information content (AvgIpc) is 2.66. The lowest BCUT2D eigenvalue weighted by molar-refractivity contribution is 0.0925. The van der Waals surface area contributed by atoms with Crippen molar-refractivity contribution < 1.29 is 4.79 Å². The highest BCUT2D eigenvalue weighted by molar-refractivity contribution is 14.1. The molecule has 0 aliphatic carbocycles. The van der Waals surface area contributed by atoms with Crippen LogP contribution in [-0.2, 0) is 0 Å². The summed E-state index contributed by atoms with van der Waals surface area (Å²) < 4.78 is 1.06. The van der Waals surface area contributed by atoms with E-state index in [4.69, 9.17) is 0 Å². The molecule has 2 heterocycles. The molecule has 0 radical (unpaired) electrons. The van der Waals surface area contributed by atoms with Gasteiger partial charge in [-0.05, 0) is 54.6 Å². The number of hydrogen-bond donors (Lipinski definition) is 3. The van der Waals surface area contributed by atoms with Crippen LogP contribution in [0.25, 0.3) is 0 Å². The first-order valence-electron chi connectivity index (χ1n) is 5.11. The highest BCUT2D eigenvalue weighted by Gasteiger charge is 2.16. The number of nitrogens with one attached hydrogen (secondary N) is 3. The van der Waals surface area contributed by atoms with Gasteiger partial charge in [-0.3, -0.25) is 4.79 Å². The molecule has 1 amide bonds. The van der Waals surface area contributed by atoms with E-state index in [1.807, 2.05) is 12.3 Å². The van der Waals surface area contributed by atoms with Gasteiger partial charge in [0.05, 0.1) is 0 Å². The van der Waals surface area contributed by atoms with E-state index in [-0.39, 0.29) is 18.3 Å². The number of halogens is 2. The smallest absolute Gasteiger partial charge is 0.267 e. The predicted molar refractivity (Wildman–Crippen MR) is 74.1 cm³/mol. The molecule has 1 saturated heterocycles. The van der Waals surface area contributed by atoms with E-state index in [1.165, 1.54) is 0 Å². The van der Waals surface area contributed by atoms with Crippen LogP contribution < -0.4 is 10.6 Å². The summed E-state index contributed by atoms with van der Waals surface area (Å²) in [5.74, 6) is 0.00446. The summed E-state index contributed by atoms with van der Waals surface area (Å²) in [7, 11) is 0. The van der Waals surface area contributed by atoms with E-state index in [0.717, 1.165) is 29.5 Å². The molecule has 1 fully saturated rings. The second-order valence-corrected chi connectivity index (χ2v) is 4.97. The number of amides is 1. The highest BCUT2D eigenvalue weighted by Crippen LogP contribution is 2.08. The second-order valence-electron chi connectivity index (χ2n) is 3.73. The van der Waals surface area contributed by atoms with Crippen molar-refractivity contribution in [3.05, 3.63) is 21.5 Å². The van der Waals surface area contributed by atoms with Crippen molar-refractivity contribution in [3.63, 3.8) is 0 Å². The van der Waals surface area contributed by atoms with E-state index in [1.54, 1.807) is 0 Å². The van der Waals surface area contributed by atoms with Crippen LogP contribution in [0.5, 0.6) is 0 Å². The Hall–Kier alpha value is -0.270. The van der Waals surface area contributed by atoms with Crippen LogP contribution in [0, 0.1) is 3.57 Å². The lowest BCUT2D eigenvalue weighted by atomic mass is 10.1. The molecule has 1 aliphatic rings. The van der Waals surface area contributed by atoms with Gasteiger partial charge in [-0.15, -0.1) is 12.4 Å². The molecule has 1 aromatic heterocycles. The van der Waals surface area contributed by atoms with Gasteiger partial charge in [0.2, 0.25) is 0 Å². The predicted octanol–water partition coefficient (Wildman–Crippen LogP) is 1.52. The molecule has 90 valence electrons. The topological polar surface area (TPSA) is 56.9 Å². The molecule has 4 nitrogen and oxygen atoms in total. The summed E-state index contributed by atoms with van der Waals surface area (Å²) in [5.41, 5.74) is 0.651. The van der Waals surface area contributed by atoms with Crippen LogP contribution in [0.2, 0.25) is 0 Å². The highest BCUT2D eigenvalue weighted by atomic mass is 127. The molecule has 0 bridgehead atoms. The van der Waals surface area contributed by atoms with Crippen LogP contribution >= 0.6 is 35.0 Å². The first-order chi connectivity index (χ1) is 7.25. The molecule has 2 rings (SSSR count). The fourth-order valence-corrected chi connectivity index (χ4v) is 2.20. The van der Waals surface area contributed by atoms with Gasteiger partial charge in [-0.25, -0.2) is 0 Å². The van der Waals surface area contributed by atoms with Crippen molar-refractivity contribution >= 4 is 40.9 Å². The summed E-state index contributed by atoms with van der Waals surface area (Å²) in [6.07, 6.45) is 3.87. The summed E-state index contributed by atoms with van der Waals surface area (Å²) >= 11 is 2.18. The zero-order valence-electron chi connectivity index (χ0n) is 8.75. The number of H-pyrrole nitrogens is 1. The molecule has 0 unspecified atom stereocenters. The lowest BCUT2D eigenvalue weighted by Crippen LogP contribution is -2.42. The third-order valence-corrected chi connectivity index (χ3v) is 3.19. The minimum atomic E-state index is 0. The fraction of sp³-hybridized carbons (Fsp3) is 0.500. The maximum absolute atomic E-state index is 11.8. The number of aromatic amines is 1. The van der Waals surface area contributed by atoms with Crippen LogP contribution in [0.4, 0.5) is 0 Å². The number of carbonyl (C=O) groups excluding carboxylic acids is 1. The van der Waals surface area contributed by atoms with E-state index >= 15 is 0 Å². The Morgan fingerprint density at radius 2 is 2.12 bits per heavy atom. The number of rotatable bonds is 2. The maximum Gasteiger partial charge on any atom is 0.267 e. The monoisotopic (exact) mass is 355 g/mol. The van der Waals surface area contributed by atoms with Crippen molar-refractivity contribution in [2.75, 3.05) is 13.1 Å². The normalized spacial score (nSPS) is 16.6. The molecule has 0 saturated carbocycles. The van der Waals surface area contributed by atoms with Crippen molar-refractivity contribution in [1.82, 2.24) is 15.6 Å². The minimum Gasteiger partial charge on any atom is -0.356 e. The van der Waals surface area contributed by atoms with E-state index in [0.29, 0.717) is 11.7 Å². The fourth-order valence-electron chi connectivity index (χ4n) is 1.73. The Kier molecular flexibility index (Phi) is 5.57. The Labute approximate surface area is 115 Å². The van der Waals surface area contributed by atoms with Gasteiger partial charge in [-0.2, -0.15) is 0 Å². The van der Waals surface area contributed by atoms with Crippen molar-refractivity contribution in [1.29, 1.82) is 0 Å². The zero-order valence-corrected chi connectivity index (χ0v) is 11.7. The van der Waals surface area contributed by atoms with Crippen molar-refractivity contribution in [3.8, 4) is 0 Å². The summed E-state index contributed by atoms with van der Waals surface area (Å²) in [5, 5.41) is 6.31. The molecule has 1 aliphatic heterocycles. The van der Waals surface area contributed by atoms with Crippen LogP contribution in [0.15, 0.2) is 12.3 Å². The van der Waals surface area contributed by atoms with E-state index in [2.05, 4.69) is 38.2 Å². The number of hydrogen-bond acceptors (Lipinski definition) is 2. The summed E-state index contributed by atoms with van der Waals surface area (Å²) in [6.45, 7) is 1.99.